The zero-order valence-corrected chi connectivity index (χ0v) is 15.5. The van der Waals surface area contributed by atoms with E-state index in [1.165, 1.54) is 25.0 Å². The average Bonchev–Trinajstić information content (AvgIpc) is 2.78. The number of nitrogens with zero attached hydrogens (tertiary/aromatic N) is 2. The maximum Gasteiger partial charge on any atom is 0.293 e. The highest BCUT2D eigenvalue weighted by Crippen LogP contribution is 2.33. The van der Waals surface area contributed by atoms with Gasteiger partial charge >= 0.3 is 0 Å². The molecule has 0 bridgehead atoms. The maximum absolute atomic E-state index is 11.4. The van der Waals surface area contributed by atoms with E-state index in [-0.39, 0.29) is 16.1 Å². The van der Waals surface area contributed by atoms with Gasteiger partial charge in [0.1, 0.15) is 5.69 Å². The molecule has 140 valence electrons. The summed E-state index contributed by atoms with van der Waals surface area (Å²) in [6.07, 6.45) is 6.72. The van der Waals surface area contributed by atoms with Gasteiger partial charge in [-0.15, -0.1) is 0 Å². The number of hydrogen-bond acceptors (Lipinski definition) is 6. The highest BCUT2D eigenvalue weighted by molar-refractivity contribution is 7.89. The lowest BCUT2D eigenvalue weighted by Gasteiger charge is -2.40. The highest BCUT2D eigenvalue weighted by atomic mass is 32.2. The van der Waals surface area contributed by atoms with Gasteiger partial charge in [-0.1, -0.05) is 25.7 Å². The third-order valence-corrected chi connectivity index (χ3v) is 6.00. The minimum Gasteiger partial charge on any atom is -0.378 e. The van der Waals surface area contributed by atoms with Gasteiger partial charge in [-0.2, -0.15) is 0 Å². The van der Waals surface area contributed by atoms with Gasteiger partial charge in [-0.3, -0.25) is 10.1 Å². The van der Waals surface area contributed by atoms with Gasteiger partial charge in [-0.05, 0) is 39.1 Å². The Labute approximate surface area is 148 Å². The molecule has 0 unspecified atom stereocenters. The second-order valence-corrected chi connectivity index (χ2v) is 8.43. The largest absolute Gasteiger partial charge is 0.378 e. The molecule has 3 N–H and O–H groups in total. The number of likely N-dealkylation sites (N-methyl/N-ethyl adjacent to an activating group) is 1. The molecule has 1 aromatic carbocycles. The molecule has 1 fully saturated rings. The van der Waals surface area contributed by atoms with Crippen LogP contribution in [0.25, 0.3) is 0 Å². The van der Waals surface area contributed by atoms with Crippen molar-refractivity contribution in [3.05, 3.63) is 28.3 Å². The van der Waals surface area contributed by atoms with Crippen LogP contribution in [0.5, 0.6) is 0 Å². The molecule has 1 aliphatic rings. The summed E-state index contributed by atoms with van der Waals surface area (Å²) >= 11 is 0. The Morgan fingerprint density at radius 2 is 1.84 bits per heavy atom. The first-order valence-corrected chi connectivity index (χ1v) is 9.93. The summed E-state index contributed by atoms with van der Waals surface area (Å²) in [6, 6.07) is 3.71. The SMILES string of the molecule is CN(C)C1(CNc2ccc(S(N)(=O)=O)cc2[N+](=O)[O-])CCCCCC1. The molecular formula is C16H26N4O4S. The zero-order valence-electron chi connectivity index (χ0n) is 14.7. The van der Waals surface area contributed by atoms with Crippen molar-refractivity contribution in [2.75, 3.05) is 26.0 Å². The third-order valence-electron chi connectivity index (χ3n) is 5.09. The minimum absolute atomic E-state index is 0.0665. The molecule has 2 rings (SSSR count). The quantitative estimate of drug-likeness (QED) is 0.450. The molecule has 1 aliphatic carbocycles. The van der Waals surface area contributed by atoms with Crippen molar-refractivity contribution >= 4 is 21.4 Å². The number of hydrogen-bond donors (Lipinski definition) is 2. The second-order valence-electron chi connectivity index (χ2n) is 6.87. The fourth-order valence-electron chi connectivity index (χ4n) is 3.42. The number of primary sulfonamides is 1. The van der Waals surface area contributed by atoms with Crippen LogP contribution >= 0.6 is 0 Å². The highest BCUT2D eigenvalue weighted by Gasteiger charge is 2.33. The fraction of sp³-hybridized carbons (Fsp3) is 0.625. The molecule has 0 heterocycles. The minimum atomic E-state index is -3.98. The monoisotopic (exact) mass is 370 g/mol. The van der Waals surface area contributed by atoms with Gasteiger partial charge in [0.05, 0.1) is 9.82 Å². The topological polar surface area (TPSA) is 119 Å². The van der Waals surface area contributed by atoms with E-state index in [1.807, 2.05) is 14.1 Å². The summed E-state index contributed by atoms with van der Waals surface area (Å²) in [5, 5.41) is 19.6. The van der Waals surface area contributed by atoms with E-state index in [2.05, 4.69) is 10.2 Å². The standard InChI is InChI=1S/C16H26N4O4S/c1-19(2)16(9-5-3-4-6-10-16)12-18-14-8-7-13(25(17,23)24)11-15(14)20(21)22/h7-8,11,18H,3-6,9-10,12H2,1-2H3,(H2,17,23,24). The van der Waals surface area contributed by atoms with Crippen molar-refractivity contribution in [1.29, 1.82) is 0 Å². The molecule has 0 saturated heterocycles. The van der Waals surface area contributed by atoms with Crippen LogP contribution in [0.4, 0.5) is 11.4 Å². The number of rotatable bonds is 6. The first-order chi connectivity index (χ1) is 11.7. The Balaban J connectivity index is 2.28. The molecule has 9 heteroatoms. The molecule has 0 aliphatic heterocycles. The van der Waals surface area contributed by atoms with Crippen molar-refractivity contribution in [2.24, 2.45) is 5.14 Å². The molecule has 0 amide bonds. The van der Waals surface area contributed by atoms with E-state index in [1.54, 1.807) is 0 Å². The van der Waals surface area contributed by atoms with E-state index in [4.69, 9.17) is 5.14 Å². The molecule has 1 saturated carbocycles. The Kier molecular flexibility index (Phi) is 6.02. The van der Waals surface area contributed by atoms with Crippen LogP contribution in [0, 0.1) is 10.1 Å². The molecule has 25 heavy (non-hydrogen) atoms. The lowest BCUT2D eigenvalue weighted by atomic mass is 9.88. The van der Waals surface area contributed by atoms with E-state index in [0.29, 0.717) is 12.2 Å². The van der Waals surface area contributed by atoms with Crippen molar-refractivity contribution in [3.63, 3.8) is 0 Å². The molecule has 0 aromatic heterocycles. The zero-order chi connectivity index (χ0) is 18.7. The van der Waals surface area contributed by atoms with Crippen LogP contribution < -0.4 is 10.5 Å². The lowest BCUT2D eigenvalue weighted by Crippen LogP contribution is -2.49. The predicted molar refractivity (Wildman–Crippen MR) is 97.1 cm³/mol. The normalized spacial score (nSPS) is 17.9. The summed E-state index contributed by atoms with van der Waals surface area (Å²) in [5.74, 6) is 0. The van der Waals surface area contributed by atoms with Gasteiger partial charge in [0, 0.05) is 18.2 Å². The van der Waals surface area contributed by atoms with E-state index in [0.717, 1.165) is 31.7 Å². The van der Waals surface area contributed by atoms with E-state index >= 15 is 0 Å². The summed E-state index contributed by atoms with van der Waals surface area (Å²) < 4.78 is 22.9. The Hall–Kier alpha value is -1.71. The molecule has 0 radical (unpaired) electrons. The molecular weight excluding hydrogens is 344 g/mol. The third kappa shape index (κ3) is 4.68. The van der Waals surface area contributed by atoms with Gasteiger partial charge in [0.15, 0.2) is 0 Å². The van der Waals surface area contributed by atoms with Gasteiger partial charge in [0.2, 0.25) is 10.0 Å². The van der Waals surface area contributed by atoms with Gasteiger partial charge < -0.3 is 10.2 Å². The van der Waals surface area contributed by atoms with Gasteiger partial charge in [0.25, 0.3) is 5.69 Å². The van der Waals surface area contributed by atoms with Crippen LogP contribution in [-0.2, 0) is 10.0 Å². The number of benzene rings is 1. The smallest absolute Gasteiger partial charge is 0.293 e. The number of nitrogens with one attached hydrogen (secondary N) is 1. The van der Waals surface area contributed by atoms with Crippen molar-refractivity contribution < 1.29 is 13.3 Å². The summed E-state index contributed by atoms with van der Waals surface area (Å²) in [7, 11) is 0.0847. The number of anilines is 1. The number of nitro groups is 1. The second kappa shape index (κ2) is 7.67. The van der Waals surface area contributed by atoms with Crippen LogP contribution in [0.1, 0.15) is 38.5 Å². The fourth-order valence-corrected chi connectivity index (χ4v) is 3.95. The first-order valence-electron chi connectivity index (χ1n) is 8.38. The van der Waals surface area contributed by atoms with Crippen LogP contribution in [-0.4, -0.2) is 44.4 Å². The Bertz CT molecular complexity index is 726. The average molecular weight is 370 g/mol. The summed E-state index contributed by atoms with van der Waals surface area (Å²) in [4.78, 5) is 12.7. The number of sulfonamides is 1. The molecule has 0 spiro atoms. The lowest BCUT2D eigenvalue weighted by molar-refractivity contribution is -0.384. The van der Waals surface area contributed by atoms with Gasteiger partial charge in [-0.25, -0.2) is 13.6 Å². The van der Waals surface area contributed by atoms with Crippen LogP contribution in [0.3, 0.4) is 0 Å². The summed E-state index contributed by atoms with van der Waals surface area (Å²) in [6.45, 7) is 0.565. The number of nitro benzene ring substituents is 1. The first kappa shape index (κ1) is 19.6. The molecule has 8 nitrogen and oxygen atoms in total. The Morgan fingerprint density at radius 1 is 1.24 bits per heavy atom. The van der Waals surface area contributed by atoms with E-state index in [9.17, 15) is 18.5 Å². The van der Waals surface area contributed by atoms with Crippen molar-refractivity contribution in [1.82, 2.24) is 4.90 Å². The van der Waals surface area contributed by atoms with E-state index < -0.39 is 14.9 Å². The maximum atomic E-state index is 11.4. The molecule has 0 atom stereocenters. The van der Waals surface area contributed by atoms with Crippen molar-refractivity contribution in [3.8, 4) is 0 Å². The van der Waals surface area contributed by atoms with Crippen LogP contribution in [0.15, 0.2) is 23.1 Å². The van der Waals surface area contributed by atoms with Crippen molar-refractivity contribution in [2.45, 2.75) is 49.0 Å². The Morgan fingerprint density at radius 3 is 2.32 bits per heavy atom. The molecule has 1 aromatic rings. The predicted octanol–water partition coefficient (Wildman–Crippen LogP) is 2.31. The van der Waals surface area contributed by atoms with Crippen LogP contribution in [0.2, 0.25) is 0 Å². The number of nitrogens with two attached hydrogens (primary N) is 1. The summed E-state index contributed by atoms with van der Waals surface area (Å²) in [5.41, 5.74) is -0.0416.